The van der Waals surface area contributed by atoms with Crippen LogP contribution in [0.5, 0.6) is 0 Å². The van der Waals surface area contributed by atoms with E-state index < -0.39 is 5.60 Å². The molecular weight excluding hydrogens is 343 g/mol. The van der Waals surface area contributed by atoms with Gasteiger partial charge in [0, 0.05) is 22.2 Å². The number of nitrogens with one attached hydrogen (secondary N) is 2. The van der Waals surface area contributed by atoms with E-state index in [4.69, 9.17) is 4.65 Å². The number of carbonyl (C=O) groups is 1. The molecule has 0 aliphatic heterocycles. The largest absolute Gasteiger partial charge is 0.428 e. The first-order valence-corrected chi connectivity index (χ1v) is 9.31. The summed E-state index contributed by atoms with van der Waals surface area (Å²) in [4.78, 5) is 15.7. The zero-order chi connectivity index (χ0) is 19.5. The molecule has 0 saturated heterocycles. The Morgan fingerprint density at radius 1 is 1.27 bits per heavy atom. The van der Waals surface area contributed by atoms with Crippen LogP contribution in [0.15, 0.2) is 30.5 Å². The molecule has 2 rings (SSSR count). The molecule has 1 heterocycles. The van der Waals surface area contributed by atoms with Gasteiger partial charge in [-0.1, -0.05) is 24.6 Å². The molecule has 0 spiro atoms. The fraction of sp³-hybridized carbons (Fsp3) is 0.450. The summed E-state index contributed by atoms with van der Waals surface area (Å²) in [6.45, 7) is 12.1. The summed E-state index contributed by atoms with van der Waals surface area (Å²) in [7, 11) is 1.72. The van der Waals surface area contributed by atoms with Crippen molar-refractivity contribution >= 4 is 37.2 Å². The number of aryl methyl sites for hydroxylation is 2. The number of H-pyrrole nitrogens is 1. The number of thiol groups is 1. The first-order valence-electron chi connectivity index (χ1n) is 8.87. The van der Waals surface area contributed by atoms with E-state index in [-0.39, 0.29) is 10.7 Å². The van der Waals surface area contributed by atoms with E-state index in [9.17, 15) is 4.79 Å². The molecule has 1 amide bonds. The molecule has 0 unspecified atom stereocenters. The lowest BCUT2D eigenvalue weighted by Crippen LogP contribution is -2.46. The fourth-order valence-electron chi connectivity index (χ4n) is 2.27. The Morgan fingerprint density at radius 2 is 1.96 bits per heavy atom. The van der Waals surface area contributed by atoms with E-state index in [0.717, 1.165) is 28.8 Å². The van der Waals surface area contributed by atoms with Crippen LogP contribution in [-0.2, 0) is 11.1 Å². The van der Waals surface area contributed by atoms with Crippen molar-refractivity contribution in [2.45, 2.75) is 58.3 Å². The number of rotatable bonds is 7. The van der Waals surface area contributed by atoms with Gasteiger partial charge in [0.15, 0.2) is 0 Å². The Morgan fingerprint density at radius 3 is 2.58 bits per heavy atom. The van der Waals surface area contributed by atoms with Crippen LogP contribution in [0.25, 0.3) is 0 Å². The van der Waals surface area contributed by atoms with Crippen molar-refractivity contribution in [3.8, 4) is 0 Å². The summed E-state index contributed by atoms with van der Waals surface area (Å²) in [5, 5.41) is 2.96. The first-order chi connectivity index (χ1) is 12.0. The molecule has 4 nitrogen and oxygen atoms in total. The smallest absolute Gasteiger partial charge is 0.331 e. The molecule has 26 heavy (non-hydrogen) atoms. The van der Waals surface area contributed by atoms with Crippen molar-refractivity contribution in [3.63, 3.8) is 0 Å². The van der Waals surface area contributed by atoms with Crippen LogP contribution in [0, 0.1) is 6.92 Å². The van der Waals surface area contributed by atoms with Crippen LogP contribution in [0.2, 0.25) is 0 Å². The van der Waals surface area contributed by atoms with Gasteiger partial charge in [0.25, 0.3) is 5.91 Å². The normalized spacial score (nSPS) is 12.1. The van der Waals surface area contributed by atoms with Crippen molar-refractivity contribution in [2.75, 3.05) is 5.32 Å². The molecule has 2 N–H and O–H groups in total. The second kappa shape index (κ2) is 7.93. The van der Waals surface area contributed by atoms with E-state index in [2.05, 4.69) is 22.9 Å². The monoisotopic (exact) mass is 371 g/mol. The minimum atomic E-state index is -0.456. The predicted molar refractivity (Wildman–Crippen MR) is 113 cm³/mol. The molecule has 6 heteroatoms. The number of aromatic nitrogens is 1. The lowest BCUT2D eigenvalue weighted by atomic mass is 9.80. The van der Waals surface area contributed by atoms with Gasteiger partial charge in [-0.3, -0.25) is 4.79 Å². The molecule has 0 fully saturated rings. The van der Waals surface area contributed by atoms with E-state index in [0.29, 0.717) is 5.56 Å². The van der Waals surface area contributed by atoms with E-state index >= 15 is 0 Å². The minimum Gasteiger partial charge on any atom is -0.428 e. The molecule has 0 aliphatic rings. The van der Waals surface area contributed by atoms with Gasteiger partial charge in [-0.15, -0.1) is 0 Å². The molecule has 1 aromatic carbocycles. The van der Waals surface area contributed by atoms with E-state index in [1.807, 2.05) is 72.0 Å². The van der Waals surface area contributed by atoms with Crippen LogP contribution < -0.4 is 10.8 Å². The standard InChI is InChI=1S/C20H28BN2O2S/c1-7-16-17(10-11-22-16)23-18(24)14-9-8-13(2)15(12-14)21-25-19(3,4)20(5,6)26/h8-12,22,26H,7H2,1-6H3,(H,23,24). The van der Waals surface area contributed by atoms with E-state index in [1.165, 1.54) is 0 Å². The maximum atomic E-state index is 12.6. The van der Waals surface area contributed by atoms with E-state index in [1.54, 1.807) is 7.48 Å². The molecule has 1 aromatic heterocycles. The average Bonchev–Trinajstić information content (AvgIpc) is 3.00. The molecular formula is C20H28BN2O2S. The zero-order valence-corrected chi connectivity index (χ0v) is 17.3. The molecule has 1 radical (unpaired) electrons. The number of anilines is 1. The number of hydrogen-bond acceptors (Lipinski definition) is 3. The number of hydrogen-bond donors (Lipinski definition) is 3. The number of amides is 1. The lowest BCUT2D eigenvalue weighted by Gasteiger charge is -2.38. The van der Waals surface area contributed by atoms with Gasteiger partial charge in [0.05, 0.1) is 11.3 Å². The highest BCUT2D eigenvalue weighted by Gasteiger charge is 2.34. The number of carbonyl (C=O) groups excluding carboxylic acids is 1. The van der Waals surface area contributed by atoms with Gasteiger partial charge in [0.1, 0.15) is 0 Å². The molecule has 2 aromatic rings. The van der Waals surface area contributed by atoms with Gasteiger partial charge < -0.3 is 15.0 Å². The Kier molecular flexibility index (Phi) is 6.30. The van der Waals surface area contributed by atoms with Crippen molar-refractivity contribution in [2.24, 2.45) is 0 Å². The van der Waals surface area contributed by atoms with Crippen LogP contribution >= 0.6 is 12.6 Å². The van der Waals surface area contributed by atoms with Crippen LogP contribution in [0.4, 0.5) is 5.69 Å². The summed E-state index contributed by atoms with van der Waals surface area (Å²) < 4.78 is 5.69. The van der Waals surface area contributed by atoms with Gasteiger partial charge in [0.2, 0.25) is 0 Å². The van der Waals surface area contributed by atoms with Gasteiger partial charge >= 0.3 is 7.48 Å². The third kappa shape index (κ3) is 4.74. The Balaban J connectivity index is 2.15. The third-order valence-electron chi connectivity index (χ3n) is 4.93. The topological polar surface area (TPSA) is 54.1 Å². The van der Waals surface area contributed by atoms with Gasteiger partial charge in [-0.05, 0) is 58.6 Å². The second-order valence-corrected chi connectivity index (χ2v) is 8.67. The molecule has 0 aliphatic carbocycles. The van der Waals surface area contributed by atoms with Crippen molar-refractivity contribution in [1.82, 2.24) is 4.98 Å². The minimum absolute atomic E-state index is 0.136. The summed E-state index contributed by atoms with van der Waals surface area (Å²) in [5.41, 5.74) is 3.90. The van der Waals surface area contributed by atoms with Crippen molar-refractivity contribution < 1.29 is 9.45 Å². The SMILES string of the molecule is CCc1[nH]ccc1NC(=O)c1ccc(C)c([B]OC(C)(C)C(C)(C)S)c1. The average molecular weight is 371 g/mol. The van der Waals surface area contributed by atoms with Crippen LogP contribution in [0.3, 0.4) is 0 Å². The molecule has 0 atom stereocenters. The maximum absolute atomic E-state index is 12.6. The molecule has 0 saturated carbocycles. The summed E-state index contributed by atoms with van der Waals surface area (Å²) in [6.07, 6.45) is 2.66. The Labute approximate surface area is 162 Å². The highest BCUT2D eigenvalue weighted by Crippen LogP contribution is 2.30. The number of benzene rings is 1. The Hall–Kier alpha value is -1.66. The first kappa shape index (κ1) is 20.7. The second-order valence-electron chi connectivity index (χ2n) is 7.55. The fourth-order valence-corrected chi connectivity index (χ4v) is 2.32. The van der Waals surface area contributed by atoms with Crippen molar-refractivity contribution in [1.29, 1.82) is 0 Å². The zero-order valence-electron chi connectivity index (χ0n) is 16.4. The van der Waals surface area contributed by atoms with Crippen LogP contribution in [0.1, 0.15) is 56.2 Å². The third-order valence-corrected chi connectivity index (χ3v) is 5.47. The Bertz CT molecular complexity index is 778. The predicted octanol–water partition coefficient (Wildman–Crippen LogP) is 3.89. The number of aromatic amines is 1. The van der Waals surface area contributed by atoms with Gasteiger partial charge in [-0.25, -0.2) is 0 Å². The van der Waals surface area contributed by atoms with Gasteiger partial charge in [-0.2, -0.15) is 12.6 Å². The summed E-state index contributed by atoms with van der Waals surface area (Å²) in [5.74, 6) is -0.136. The highest BCUT2D eigenvalue weighted by atomic mass is 32.1. The lowest BCUT2D eigenvalue weighted by molar-refractivity contribution is 0.0854. The quantitative estimate of drug-likeness (QED) is 0.511. The molecule has 0 bridgehead atoms. The summed E-state index contributed by atoms with van der Waals surface area (Å²) in [6, 6.07) is 7.48. The maximum Gasteiger partial charge on any atom is 0.331 e. The van der Waals surface area contributed by atoms with Crippen molar-refractivity contribution in [3.05, 3.63) is 47.3 Å². The molecule has 139 valence electrons. The van der Waals surface area contributed by atoms with Crippen LogP contribution in [-0.4, -0.2) is 28.7 Å². The summed E-state index contributed by atoms with van der Waals surface area (Å²) >= 11 is 4.62. The highest BCUT2D eigenvalue weighted by molar-refractivity contribution is 7.81.